The molecule has 0 aromatic heterocycles. The van der Waals surface area contributed by atoms with Gasteiger partial charge in [-0.05, 0) is 5.56 Å². The van der Waals surface area contributed by atoms with E-state index in [4.69, 9.17) is 10.5 Å². The standard InChI is InChI=1S/C11H15N3O2/c1-13-10(12)7-14-11(15)16-8-9-5-3-2-4-6-9/h2-6H,7-8H2,1H3,(H2,12,13)(H,14,15). The van der Waals surface area contributed by atoms with Crippen LogP contribution >= 0.6 is 0 Å². The van der Waals surface area contributed by atoms with Crippen LogP contribution in [-0.2, 0) is 11.3 Å². The van der Waals surface area contributed by atoms with Gasteiger partial charge in [-0.1, -0.05) is 30.3 Å². The zero-order chi connectivity index (χ0) is 11.8. The van der Waals surface area contributed by atoms with Gasteiger partial charge in [0.15, 0.2) is 0 Å². The predicted octanol–water partition coefficient (Wildman–Crippen LogP) is 0.900. The lowest BCUT2D eigenvalue weighted by molar-refractivity contribution is 0.141. The van der Waals surface area contributed by atoms with Gasteiger partial charge in [0, 0.05) is 7.05 Å². The van der Waals surface area contributed by atoms with E-state index in [1.165, 1.54) is 0 Å². The van der Waals surface area contributed by atoms with Gasteiger partial charge in [-0.25, -0.2) is 4.79 Å². The Morgan fingerprint density at radius 1 is 1.44 bits per heavy atom. The number of amidine groups is 1. The molecule has 1 rings (SSSR count). The van der Waals surface area contributed by atoms with E-state index in [1.807, 2.05) is 30.3 Å². The monoisotopic (exact) mass is 221 g/mol. The van der Waals surface area contributed by atoms with Crippen molar-refractivity contribution in [2.45, 2.75) is 6.61 Å². The summed E-state index contributed by atoms with van der Waals surface area (Å²) in [5.41, 5.74) is 6.35. The molecular weight excluding hydrogens is 206 g/mol. The Morgan fingerprint density at radius 2 is 2.12 bits per heavy atom. The molecule has 0 heterocycles. The first kappa shape index (κ1) is 12.0. The number of nitrogens with zero attached hydrogens (tertiary/aromatic N) is 1. The van der Waals surface area contributed by atoms with Gasteiger partial charge in [0.25, 0.3) is 0 Å². The first-order valence-electron chi connectivity index (χ1n) is 4.88. The van der Waals surface area contributed by atoms with E-state index in [-0.39, 0.29) is 13.2 Å². The van der Waals surface area contributed by atoms with Crippen molar-refractivity contribution in [2.75, 3.05) is 13.6 Å². The topological polar surface area (TPSA) is 76.7 Å². The zero-order valence-corrected chi connectivity index (χ0v) is 9.14. The average molecular weight is 221 g/mol. The van der Waals surface area contributed by atoms with E-state index in [0.717, 1.165) is 5.56 Å². The summed E-state index contributed by atoms with van der Waals surface area (Å²) in [6, 6.07) is 9.45. The smallest absolute Gasteiger partial charge is 0.407 e. The Bertz CT molecular complexity index is 363. The van der Waals surface area contributed by atoms with Crippen LogP contribution in [0.25, 0.3) is 0 Å². The lowest BCUT2D eigenvalue weighted by Gasteiger charge is -2.06. The highest BCUT2D eigenvalue weighted by molar-refractivity contribution is 5.85. The van der Waals surface area contributed by atoms with Crippen LogP contribution in [0.3, 0.4) is 0 Å². The molecule has 0 saturated heterocycles. The average Bonchev–Trinajstić information content (AvgIpc) is 2.34. The summed E-state index contributed by atoms with van der Waals surface area (Å²) < 4.78 is 4.96. The number of aliphatic imine (C=N–C) groups is 1. The molecule has 3 N–H and O–H groups in total. The Kier molecular flexibility index (Phi) is 4.85. The number of rotatable bonds is 4. The number of benzene rings is 1. The third kappa shape index (κ3) is 4.45. The summed E-state index contributed by atoms with van der Waals surface area (Å²) in [7, 11) is 1.56. The van der Waals surface area contributed by atoms with Gasteiger partial charge in [-0.2, -0.15) is 0 Å². The first-order chi connectivity index (χ1) is 7.72. The fourth-order valence-electron chi connectivity index (χ4n) is 1.02. The van der Waals surface area contributed by atoms with Crippen LogP contribution in [0.4, 0.5) is 4.79 Å². The van der Waals surface area contributed by atoms with Crippen molar-refractivity contribution in [3.05, 3.63) is 35.9 Å². The third-order valence-electron chi connectivity index (χ3n) is 1.91. The maximum absolute atomic E-state index is 11.2. The third-order valence-corrected chi connectivity index (χ3v) is 1.91. The summed E-state index contributed by atoms with van der Waals surface area (Å²) >= 11 is 0. The van der Waals surface area contributed by atoms with Crippen LogP contribution in [-0.4, -0.2) is 25.5 Å². The molecule has 0 radical (unpaired) electrons. The van der Waals surface area contributed by atoms with E-state index >= 15 is 0 Å². The van der Waals surface area contributed by atoms with Crippen LogP contribution in [0, 0.1) is 0 Å². The Morgan fingerprint density at radius 3 is 2.75 bits per heavy atom. The fraction of sp³-hybridized carbons (Fsp3) is 0.273. The second-order valence-electron chi connectivity index (χ2n) is 3.13. The SMILES string of the molecule is CN=C(N)CNC(=O)OCc1ccccc1. The second kappa shape index (κ2) is 6.44. The molecule has 1 aromatic rings. The highest BCUT2D eigenvalue weighted by atomic mass is 16.5. The van der Waals surface area contributed by atoms with Gasteiger partial charge >= 0.3 is 6.09 Å². The Balaban J connectivity index is 2.26. The summed E-state index contributed by atoms with van der Waals surface area (Å²) in [4.78, 5) is 14.9. The number of hydrogen-bond donors (Lipinski definition) is 2. The number of carbonyl (C=O) groups excluding carboxylic acids is 1. The maximum atomic E-state index is 11.2. The molecular formula is C11H15N3O2. The summed E-state index contributed by atoms with van der Waals surface area (Å²) in [6.45, 7) is 0.444. The lowest BCUT2D eigenvalue weighted by Crippen LogP contribution is -2.33. The lowest BCUT2D eigenvalue weighted by atomic mass is 10.2. The molecule has 5 nitrogen and oxygen atoms in total. The molecule has 0 aliphatic heterocycles. The second-order valence-corrected chi connectivity index (χ2v) is 3.13. The number of amides is 1. The van der Waals surface area contributed by atoms with E-state index in [2.05, 4.69) is 10.3 Å². The van der Waals surface area contributed by atoms with Crippen molar-refractivity contribution >= 4 is 11.9 Å². The molecule has 0 bridgehead atoms. The van der Waals surface area contributed by atoms with Crippen molar-refractivity contribution < 1.29 is 9.53 Å². The fourth-order valence-corrected chi connectivity index (χ4v) is 1.02. The van der Waals surface area contributed by atoms with Crippen LogP contribution in [0.1, 0.15) is 5.56 Å². The van der Waals surface area contributed by atoms with E-state index in [0.29, 0.717) is 5.84 Å². The van der Waals surface area contributed by atoms with Gasteiger partial charge in [0.05, 0.1) is 6.54 Å². The highest BCUT2D eigenvalue weighted by Crippen LogP contribution is 2.00. The van der Waals surface area contributed by atoms with Crippen LogP contribution in [0.5, 0.6) is 0 Å². The molecule has 0 fully saturated rings. The molecule has 0 unspecified atom stereocenters. The number of hydrogen-bond acceptors (Lipinski definition) is 3. The normalized spacial score (nSPS) is 10.9. The summed E-state index contributed by atoms with van der Waals surface area (Å²) in [5, 5.41) is 2.49. The minimum Gasteiger partial charge on any atom is -0.445 e. The number of nitrogens with one attached hydrogen (secondary N) is 1. The minimum absolute atomic E-state index is 0.199. The molecule has 5 heteroatoms. The number of carbonyl (C=O) groups is 1. The van der Waals surface area contributed by atoms with Crippen LogP contribution < -0.4 is 11.1 Å². The molecule has 16 heavy (non-hydrogen) atoms. The molecule has 0 spiro atoms. The zero-order valence-electron chi connectivity index (χ0n) is 9.14. The molecule has 0 aliphatic rings. The van der Waals surface area contributed by atoms with E-state index < -0.39 is 6.09 Å². The van der Waals surface area contributed by atoms with Crippen LogP contribution in [0.15, 0.2) is 35.3 Å². The first-order valence-corrected chi connectivity index (χ1v) is 4.88. The minimum atomic E-state index is -0.504. The molecule has 0 saturated carbocycles. The van der Waals surface area contributed by atoms with Crippen LogP contribution in [0.2, 0.25) is 0 Å². The maximum Gasteiger partial charge on any atom is 0.407 e. The molecule has 0 atom stereocenters. The van der Waals surface area contributed by atoms with Gasteiger partial charge in [0.1, 0.15) is 12.4 Å². The van der Waals surface area contributed by atoms with Gasteiger partial charge in [-0.15, -0.1) is 0 Å². The van der Waals surface area contributed by atoms with Crippen molar-refractivity contribution in [3.8, 4) is 0 Å². The molecule has 0 aliphatic carbocycles. The van der Waals surface area contributed by atoms with E-state index in [1.54, 1.807) is 7.05 Å². The predicted molar refractivity (Wildman–Crippen MR) is 62.2 cm³/mol. The molecule has 1 amide bonds. The summed E-state index contributed by atoms with van der Waals surface area (Å²) in [6.07, 6.45) is -0.504. The number of nitrogens with two attached hydrogens (primary N) is 1. The van der Waals surface area contributed by atoms with Crippen molar-refractivity contribution in [1.82, 2.24) is 5.32 Å². The summed E-state index contributed by atoms with van der Waals surface area (Å²) in [5.74, 6) is 0.358. The Hall–Kier alpha value is -2.04. The van der Waals surface area contributed by atoms with Crippen molar-refractivity contribution in [2.24, 2.45) is 10.7 Å². The van der Waals surface area contributed by atoms with Gasteiger partial charge < -0.3 is 15.8 Å². The largest absolute Gasteiger partial charge is 0.445 e. The van der Waals surface area contributed by atoms with E-state index in [9.17, 15) is 4.79 Å². The van der Waals surface area contributed by atoms with Crippen molar-refractivity contribution in [3.63, 3.8) is 0 Å². The highest BCUT2D eigenvalue weighted by Gasteiger charge is 2.02. The quantitative estimate of drug-likeness (QED) is 0.585. The molecule has 1 aromatic carbocycles. The van der Waals surface area contributed by atoms with Gasteiger partial charge in [-0.3, -0.25) is 4.99 Å². The number of ether oxygens (including phenoxy) is 1. The van der Waals surface area contributed by atoms with Crippen molar-refractivity contribution in [1.29, 1.82) is 0 Å². The molecule has 86 valence electrons. The van der Waals surface area contributed by atoms with Gasteiger partial charge in [0.2, 0.25) is 0 Å². The number of alkyl carbamates (subject to hydrolysis) is 1. The Labute approximate surface area is 94.3 Å².